The average Bonchev–Trinajstić information content (AvgIpc) is 2.65. The molecule has 1 aromatic heterocycles. The van der Waals surface area contributed by atoms with Crippen LogP contribution in [0.4, 0.5) is 13.2 Å². The second-order valence-electron chi connectivity index (χ2n) is 6.09. The monoisotopic (exact) mass is 399 g/mol. The van der Waals surface area contributed by atoms with E-state index in [1.165, 1.54) is 26.4 Å². The Labute approximate surface area is 162 Å². The molecule has 1 heterocycles. The van der Waals surface area contributed by atoms with Crippen molar-refractivity contribution in [2.24, 2.45) is 0 Å². The van der Waals surface area contributed by atoms with E-state index in [9.17, 15) is 13.2 Å². The van der Waals surface area contributed by atoms with Crippen LogP contribution in [-0.4, -0.2) is 31.7 Å². The maximum absolute atomic E-state index is 12.5. The van der Waals surface area contributed by atoms with Crippen LogP contribution in [-0.2, 0) is 0 Å². The smallest absolute Gasteiger partial charge is 0.496 e. The first-order valence-electron chi connectivity index (χ1n) is 8.88. The Kier molecular flexibility index (Phi) is 6.99. The van der Waals surface area contributed by atoms with E-state index in [0.717, 1.165) is 18.9 Å². The summed E-state index contributed by atoms with van der Waals surface area (Å²) in [5, 5.41) is 0. The highest BCUT2D eigenvalue weighted by atomic mass is 19.4. The van der Waals surface area contributed by atoms with Gasteiger partial charge in [-0.3, -0.25) is 0 Å². The Morgan fingerprint density at radius 2 is 1.61 bits per heavy atom. The van der Waals surface area contributed by atoms with Gasteiger partial charge in [0.15, 0.2) is 0 Å². The summed E-state index contributed by atoms with van der Waals surface area (Å²) in [7, 11) is 2.85. The highest BCUT2D eigenvalue weighted by Gasteiger charge is 2.31. The minimum absolute atomic E-state index is 0.0596. The molecule has 5 nitrogen and oxygen atoms in total. The predicted molar refractivity (Wildman–Crippen MR) is 99.2 cm³/mol. The Morgan fingerprint density at radius 3 is 2.14 bits per heavy atom. The second-order valence-corrected chi connectivity index (χ2v) is 6.09. The number of methoxy groups -OCH3 is 2. The van der Waals surface area contributed by atoms with Crippen molar-refractivity contribution in [3.05, 3.63) is 30.0 Å². The molecule has 28 heavy (non-hydrogen) atoms. The minimum atomic E-state index is -4.78. The number of aromatic nitrogens is 1. The van der Waals surface area contributed by atoms with E-state index in [-0.39, 0.29) is 17.6 Å². The lowest BCUT2D eigenvalue weighted by Gasteiger charge is -2.20. The summed E-state index contributed by atoms with van der Waals surface area (Å²) in [5.74, 6) is 0.831. The van der Waals surface area contributed by atoms with Gasteiger partial charge in [-0.25, -0.2) is 4.98 Å². The Balaban J connectivity index is 2.47. The molecule has 0 N–H and O–H groups in total. The molecule has 0 aliphatic heterocycles. The summed E-state index contributed by atoms with van der Waals surface area (Å²) in [6, 6.07) is 5.55. The van der Waals surface area contributed by atoms with Gasteiger partial charge in [-0.15, -0.1) is 13.2 Å². The van der Waals surface area contributed by atoms with Crippen LogP contribution in [0.3, 0.4) is 0 Å². The number of aryl methyl sites for hydroxylation is 1. The van der Waals surface area contributed by atoms with Crippen LogP contribution in [0.2, 0.25) is 0 Å². The Morgan fingerprint density at radius 1 is 0.964 bits per heavy atom. The van der Waals surface area contributed by atoms with Gasteiger partial charge in [0.2, 0.25) is 0 Å². The molecule has 0 aliphatic rings. The summed E-state index contributed by atoms with van der Waals surface area (Å²) >= 11 is 0. The number of nitrogens with zero attached hydrogens (tertiary/aromatic N) is 1. The van der Waals surface area contributed by atoms with Crippen LogP contribution >= 0.6 is 0 Å². The SMILES string of the molecule is CCC(CC)Oc1cc(OC)c(-c2ccc(OC(F)(F)F)cc2OC)nc1C. The number of ether oxygens (including phenoxy) is 4. The quantitative estimate of drug-likeness (QED) is 0.583. The van der Waals surface area contributed by atoms with Crippen molar-refractivity contribution in [3.63, 3.8) is 0 Å². The van der Waals surface area contributed by atoms with Crippen LogP contribution in [0.5, 0.6) is 23.0 Å². The van der Waals surface area contributed by atoms with Crippen molar-refractivity contribution < 1.29 is 32.1 Å². The first-order chi connectivity index (χ1) is 13.2. The van der Waals surface area contributed by atoms with Crippen molar-refractivity contribution in [1.29, 1.82) is 0 Å². The minimum Gasteiger partial charge on any atom is -0.496 e. The molecule has 1 aromatic carbocycles. The standard InChI is InChI=1S/C20H24F3NO4/c1-6-13(7-2)27-16-11-18(26-5)19(24-12(16)3)15-9-8-14(10-17(15)25-4)28-20(21,22)23/h8-11,13H,6-7H2,1-5H3. The zero-order valence-corrected chi connectivity index (χ0v) is 16.5. The molecule has 2 rings (SSSR count). The van der Waals surface area contributed by atoms with Crippen molar-refractivity contribution in [3.8, 4) is 34.3 Å². The highest BCUT2D eigenvalue weighted by Crippen LogP contribution is 2.40. The van der Waals surface area contributed by atoms with Crippen LogP contribution in [0.1, 0.15) is 32.4 Å². The van der Waals surface area contributed by atoms with Crippen molar-refractivity contribution in [1.82, 2.24) is 4.98 Å². The van der Waals surface area contributed by atoms with E-state index in [4.69, 9.17) is 14.2 Å². The summed E-state index contributed by atoms with van der Waals surface area (Å²) < 4.78 is 58.0. The lowest BCUT2D eigenvalue weighted by Crippen LogP contribution is -2.17. The van der Waals surface area contributed by atoms with E-state index < -0.39 is 6.36 Å². The number of halogens is 3. The van der Waals surface area contributed by atoms with Gasteiger partial charge in [0.25, 0.3) is 0 Å². The molecular weight excluding hydrogens is 375 g/mol. The van der Waals surface area contributed by atoms with Crippen LogP contribution in [0.15, 0.2) is 24.3 Å². The topological polar surface area (TPSA) is 49.8 Å². The molecule has 0 amide bonds. The second kappa shape index (κ2) is 9.03. The van der Waals surface area contributed by atoms with E-state index >= 15 is 0 Å². The van der Waals surface area contributed by atoms with Gasteiger partial charge < -0.3 is 18.9 Å². The summed E-state index contributed by atoms with van der Waals surface area (Å²) in [4.78, 5) is 4.56. The number of pyridine rings is 1. The average molecular weight is 399 g/mol. The first kappa shape index (κ1) is 21.7. The maximum atomic E-state index is 12.5. The van der Waals surface area contributed by atoms with Gasteiger partial charge in [0, 0.05) is 17.7 Å². The van der Waals surface area contributed by atoms with Crippen molar-refractivity contribution >= 4 is 0 Å². The molecule has 154 valence electrons. The lowest BCUT2D eigenvalue weighted by atomic mass is 10.1. The van der Waals surface area contributed by atoms with Gasteiger partial charge in [0.05, 0.1) is 26.0 Å². The molecule has 0 saturated heterocycles. The molecule has 2 aromatic rings. The third-order valence-corrected chi connectivity index (χ3v) is 4.22. The van der Waals surface area contributed by atoms with Gasteiger partial charge in [0.1, 0.15) is 28.7 Å². The first-order valence-corrected chi connectivity index (χ1v) is 8.88. The van der Waals surface area contributed by atoms with E-state index in [1.807, 2.05) is 13.8 Å². The number of hydrogen-bond donors (Lipinski definition) is 0. The van der Waals surface area contributed by atoms with Crippen LogP contribution in [0.25, 0.3) is 11.3 Å². The Bertz CT molecular complexity index is 805. The molecule has 0 radical (unpaired) electrons. The molecule has 0 bridgehead atoms. The van der Waals surface area contributed by atoms with Crippen LogP contribution in [0, 0.1) is 6.92 Å². The molecule has 8 heteroatoms. The molecule has 0 saturated carbocycles. The van der Waals surface area contributed by atoms with Crippen molar-refractivity contribution in [2.45, 2.75) is 46.1 Å². The number of alkyl halides is 3. The molecule has 0 unspecified atom stereocenters. The van der Waals surface area contributed by atoms with Gasteiger partial charge in [-0.05, 0) is 31.9 Å². The number of benzene rings is 1. The zero-order chi connectivity index (χ0) is 20.9. The summed E-state index contributed by atoms with van der Waals surface area (Å²) in [5.41, 5.74) is 1.55. The van der Waals surface area contributed by atoms with E-state index in [1.54, 1.807) is 13.0 Å². The third kappa shape index (κ3) is 5.21. The van der Waals surface area contributed by atoms with Gasteiger partial charge in [-0.1, -0.05) is 13.8 Å². The van der Waals surface area contributed by atoms with Crippen LogP contribution < -0.4 is 18.9 Å². The summed E-state index contributed by atoms with van der Waals surface area (Å²) in [6.07, 6.45) is -3.01. The lowest BCUT2D eigenvalue weighted by molar-refractivity contribution is -0.274. The van der Waals surface area contributed by atoms with Gasteiger partial charge in [-0.2, -0.15) is 0 Å². The largest absolute Gasteiger partial charge is 0.573 e. The fourth-order valence-corrected chi connectivity index (χ4v) is 2.74. The summed E-state index contributed by atoms with van der Waals surface area (Å²) in [6.45, 7) is 5.88. The number of rotatable bonds is 8. The van der Waals surface area contributed by atoms with Crippen molar-refractivity contribution in [2.75, 3.05) is 14.2 Å². The van der Waals surface area contributed by atoms with E-state index in [0.29, 0.717) is 28.5 Å². The van der Waals surface area contributed by atoms with E-state index in [2.05, 4.69) is 9.72 Å². The zero-order valence-electron chi connectivity index (χ0n) is 16.5. The third-order valence-electron chi connectivity index (χ3n) is 4.22. The number of hydrogen-bond acceptors (Lipinski definition) is 5. The molecule has 0 aliphatic carbocycles. The molecule has 0 spiro atoms. The molecule has 0 fully saturated rings. The maximum Gasteiger partial charge on any atom is 0.573 e. The van der Waals surface area contributed by atoms with Gasteiger partial charge >= 0.3 is 6.36 Å². The molecule has 0 atom stereocenters. The fourth-order valence-electron chi connectivity index (χ4n) is 2.74. The Hall–Kier alpha value is -2.64. The highest BCUT2D eigenvalue weighted by molar-refractivity contribution is 5.74. The normalized spacial score (nSPS) is 11.5. The fraction of sp³-hybridized carbons (Fsp3) is 0.450. The predicted octanol–water partition coefficient (Wildman–Crippen LogP) is 5.54. The molecular formula is C20H24F3NO4.